The Hall–Kier alpha value is -1.91. The van der Waals surface area contributed by atoms with Gasteiger partial charge in [-0.05, 0) is 38.0 Å². The Balaban J connectivity index is 2.50. The van der Waals surface area contributed by atoms with Crippen LogP contribution in [0.3, 0.4) is 0 Å². The van der Waals surface area contributed by atoms with Crippen molar-refractivity contribution in [1.29, 1.82) is 0 Å². The molecule has 0 spiro atoms. The first-order valence-corrected chi connectivity index (χ1v) is 6.41. The van der Waals surface area contributed by atoms with Crippen LogP contribution in [-0.4, -0.2) is 39.5 Å². The number of carbonyl (C=O) groups excluding carboxylic acids is 1. The number of carbonyl (C=O) groups is 2. The molecular formula is C14H20N2O3. The smallest absolute Gasteiger partial charge is 0.305 e. The van der Waals surface area contributed by atoms with Gasteiger partial charge in [-0.1, -0.05) is 0 Å². The fraction of sp³-hybridized carbons (Fsp3) is 0.500. The van der Waals surface area contributed by atoms with Crippen molar-refractivity contribution < 1.29 is 14.7 Å². The van der Waals surface area contributed by atoms with Gasteiger partial charge in [-0.15, -0.1) is 0 Å². The fourth-order valence-corrected chi connectivity index (χ4v) is 1.83. The molecule has 0 aliphatic carbocycles. The lowest BCUT2D eigenvalue weighted by Gasteiger charge is -2.26. The predicted octanol–water partition coefficient (Wildman–Crippen LogP) is 1.73. The lowest BCUT2D eigenvalue weighted by molar-refractivity contribution is -0.139. The van der Waals surface area contributed by atoms with E-state index in [1.54, 1.807) is 17.3 Å². The molecule has 19 heavy (non-hydrogen) atoms. The third-order valence-corrected chi connectivity index (χ3v) is 2.89. The van der Waals surface area contributed by atoms with E-state index >= 15 is 0 Å². The lowest BCUT2D eigenvalue weighted by Crippen LogP contribution is -2.38. The van der Waals surface area contributed by atoms with Gasteiger partial charge < -0.3 is 10.0 Å². The minimum atomic E-state index is -0.882. The zero-order valence-electron chi connectivity index (χ0n) is 11.4. The molecule has 0 saturated carbocycles. The number of pyridine rings is 1. The van der Waals surface area contributed by atoms with Crippen molar-refractivity contribution in [3.63, 3.8) is 0 Å². The fourth-order valence-electron chi connectivity index (χ4n) is 1.83. The molecule has 0 aromatic carbocycles. The molecule has 0 fully saturated rings. The molecule has 0 unspecified atom stereocenters. The highest BCUT2D eigenvalue weighted by Crippen LogP contribution is 2.07. The first-order chi connectivity index (χ1) is 9.00. The minimum absolute atomic E-state index is 0.00642. The van der Waals surface area contributed by atoms with Gasteiger partial charge in [-0.25, -0.2) is 0 Å². The zero-order valence-corrected chi connectivity index (χ0v) is 11.4. The number of aryl methyl sites for hydroxylation is 1. The number of carboxylic acid groups (broad SMARTS) is 1. The summed E-state index contributed by atoms with van der Waals surface area (Å²) in [6.07, 6.45) is 4.42. The third-order valence-electron chi connectivity index (χ3n) is 2.89. The SMILES string of the molecule is CC(C)N(CCC(=O)O)C(=O)CCc1ccncc1. The van der Waals surface area contributed by atoms with E-state index in [2.05, 4.69) is 4.98 Å². The van der Waals surface area contributed by atoms with E-state index in [0.717, 1.165) is 5.56 Å². The molecule has 1 heterocycles. The zero-order chi connectivity index (χ0) is 14.3. The molecule has 0 saturated heterocycles. The van der Waals surface area contributed by atoms with E-state index in [9.17, 15) is 9.59 Å². The summed E-state index contributed by atoms with van der Waals surface area (Å²) < 4.78 is 0. The predicted molar refractivity (Wildman–Crippen MR) is 71.7 cm³/mol. The van der Waals surface area contributed by atoms with Crippen molar-refractivity contribution in [3.05, 3.63) is 30.1 Å². The number of amides is 1. The van der Waals surface area contributed by atoms with E-state index in [0.29, 0.717) is 12.8 Å². The number of rotatable bonds is 7. The van der Waals surface area contributed by atoms with E-state index in [1.165, 1.54) is 0 Å². The summed E-state index contributed by atoms with van der Waals surface area (Å²) >= 11 is 0. The Morgan fingerprint density at radius 3 is 2.42 bits per heavy atom. The second-order valence-corrected chi connectivity index (χ2v) is 4.68. The van der Waals surface area contributed by atoms with E-state index < -0.39 is 5.97 Å². The van der Waals surface area contributed by atoms with Crippen LogP contribution < -0.4 is 0 Å². The van der Waals surface area contributed by atoms with E-state index in [4.69, 9.17) is 5.11 Å². The van der Waals surface area contributed by atoms with Crippen LogP contribution in [0.25, 0.3) is 0 Å². The van der Waals surface area contributed by atoms with Crippen molar-refractivity contribution in [1.82, 2.24) is 9.88 Å². The highest BCUT2D eigenvalue weighted by Gasteiger charge is 2.17. The number of nitrogens with zero attached hydrogens (tertiary/aromatic N) is 2. The van der Waals surface area contributed by atoms with Gasteiger partial charge in [0.15, 0.2) is 0 Å². The van der Waals surface area contributed by atoms with Gasteiger partial charge in [0.25, 0.3) is 0 Å². The standard InChI is InChI=1S/C14H20N2O3/c1-11(2)16(10-7-14(18)19)13(17)4-3-12-5-8-15-9-6-12/h5-6,8-9,11H,3-4,7,10H2,1-2H3,(H,18,19). The van der Waals surface area contributed by atoms with Crippen molar-refractivity contribution in [3.8, 4) is 0 Å². The van der Waals surface area contributed by atoms with Gasteiger partial charge in [0.2, 0.25) is 5.91 Å². The molecule has 0 aliphatic rings. The van der Waals surface area contributed by atoms with Gasteiger partial charge in [0.1, 0.15) is 0 Å². The summed E-state index contributed by atoms with van der Waals surface area (Å²) in [4.78, 5) is 28.2. The molecule has 1 rings (SSSR count). The molecule has 1 N–H and O–H groups in total. The number of hydrogen-bond acceptors (Lipinski definition) is 3. The Labute approximate surface area is 113 Å². The second kappa shape index (κ2) is 7.51. The van der Waals surface area contributed by atoms with E-state index in [1.807, 2.05) is 26.0 Å². The van der Waals surface area contributed by atoms with Gasteiger partial charge >= 0.3 is 5.97 Å². The largest absolute Gasteiger partial charge is 0.481 e. The molecule has 1 aromatic heterocycles. The molecule has 5 heteroatoms. The van der Waals surface area contributed by atoms with Gasteiger partial charge in [-0.2, -0.15) is 0 Å². The molecule has 1 amide bonds. The first kappa shape index (κ1) is 15.1. The second-order valence-electron chi connectivity index (χ2n) is 4.68. The topological polar surface area (TPSA) is 70.5 Å². The maximum atomic E-state index is 12.1. The Bertz CT molecular complexity index is 418. The first-order valence-electron chi connectivity index (χ1n) is 6.41. The van der Waals surface area contributed by atoms with Gasteiger partial charge in [0, 0.05) is 31.4 Å². The Morgan fingerprint density at radius 1 is 1.26 bits per heavy atom. The third kappa shape index (κ3) is 5.50. The van der Waals surface area contributed by atoms with Crippen LogP contribution in [0.4, 0.5) is 0 Å². The summed E-state index contributed by atoms with van der Waals surface area (Å²) in [5, 5.41) is 8.69. The summed E-state index contributed by atoms with van der Waals surface area (Å²) in [5.74, 6) is -0.888. The average Bonchev–Trinajstić information content (AvgIpc) is 2.37. The highest BCUT2D eigenvalue weighted by molar-refractivity contribution is 5.77. The highest BCUT2D eigenvalue weighted by atomic mass is 16.4. The number of aliphatic carboxylic acids is 1. The van der Waals surface area contributed by atoms with Crippen molar-refractivity contribution in [2.45, 2.75) is 39.2 Å². The average molecular weight is 264 g/mol. The molecule has 5 nitrogen and oxygen atoms in total. The normalized spacial score (nSPS) is 10.5. The number of hydrogen-bond donors (Lipinski definition) is 1. The summed E-state index contributed by atoms with van der Waals surface area (Å²) in [5.41, 5.74) is 1.06. The lowest BCUT2D eigenvalue weighted by atomic mass is 10.1. The maximum absolute atomic E-state index is 12.1. The van der Waals surface area contributed by atoms with Crippen LogP contribution in [0, 0.1) is 0 Å². The molecule has 1 aromatic rings. The summed E-state index contributed by atoms with van der Waals surface area (Å²) in [6, 6.07) is 3.78. The molecule has 0 radical (unpaired) electrons. The van der Waals surface area contributed by atoms with Gasteiger partial charge in [0.05, 0.1) is 6.42 Å². The summed E-state index contributed by atoms with van der Waals surface area (Å²) in [6.45, 7) is 4.06. The molecule has 104 valence electrons. The van der Waals surface area contributed by atoms with E-state index in [-0.39, 0.29) is 24.9 Å². The molecular weight excluding hydrogens is 244 g/mol. The minimum Gasteiger partial charge on any atom is -0.481 e. The Kier molecular flexibility index (Phi) is 5.99. The maximum Gasteiger partial charge on any atom is 0.305 e. The monoisotopic (exact) mass is 264 g/mol. The van der Waals surface area contributed by atoms with Gasteiger partial charge in [-0.3, -0.25) is 14.6 Å². The molecule has 0 atom stereocenters. The van der Waals surface area contributed by atoms with Crippen LogP contribution in [0.15, 0.2) is 24.5 Å². The van der Waals surface area contributed by atoms with Crippen molar-refractivity contribution >= 4 is 11.9 Å². The number of carboxylic acids is 1. The Morgan fingerprint density at radius 2 is 1.89 bits per heavy atom. The van der Waals surface area contributed by atoms with Crippen molar-refractivity contribution in [2.75, 3.05) is 6.54 Å². The number of aromatic nitrogens is 1. The molecule has 0 bridgehead atoms. The summed E-state index contributed by atoms with van der Waals surface area (Å²) in [7, 11) is 0. The van der Waals surface area contributed by atoms with Crippen LogP contribution in [0.1, 0.15) is 32.3 Å². The van der Waals surface area contributed by atoms with Crippen LogP contribution in [-0.2, 0) is 16.0 Å². The van der Waals surface area contributed by atoms with Crippen LogP contribution in [0.2, 0.25) is 0 Å². The molecule has 0 aliphatic heterocycles. The quantitative estimate of drug-likeness (QED) is 0.814. The van der Waals surface area contributed by atoms with Crippen LogP contribution in [0.5, 0.6) is 0 Å². The van der Waals surface area contributed by atoms with Crippen molar-refractivity contribution in [2.24, 2.45) is 0 Å². The van der Waals surface area contributed by atoms with Crippen LogP contribution >= 0.6 is 0 Å².